The number of hydrogen-bond acceptors (Lipinski definition) is 3. The average Bonchev–Trinajstić information content (AvgIpc) is 2.98. The first-order valence-corrected chi connectivity index (χ1v) is 13.2. The third-order valence-electron chi connectivity index (χ3n) is 11.2. The molecule has 4 rings (SSSR count). The van der Waals surface area contributed by atoms with Crippen molar-refractivity contribution in [2.45, 2.75) is 99.5 Å². The molecule has 7 atom stereocenters. The van der Waals surface area contributed by atoms with E-state index in [1.165, 1.54) is 11.1 Å². The maximum absolute atomic E-state index is 12.8. The summed E-state index contributed by atoms with van der Waals surface area (Å²) in [6.45, 7) is 15.9. The second kappa shape index (κ2) is 8.19. The lowest BCUT2D eigenvalue weighted by atomic mass is 9.44. The first-order chi connectivity index (χ1) is 15.3. The van der Waals surface area contributed by atoms with Crippen LogP contribution in [0.1, 0.15) is 93.4 Å². The van der Waals surface area contributed by atoms with Gasteiger partial charge in [-0.25, -0.2) is 0 Å². The number of aliphatic hydroxyl groups is 2. The van der Waals surface area contributed by atoms with Gasteiger partial charge in [-0.15, -0.1) is 0 Å². The maximum Gasteiger partial charge on any atom is 0.138 e. The van der Waals surface area contributed by atoms with Gasteiger partial charge in [0.15, 0.2) is 0 Å². The highest BCUT2D eigenvalue weighted by molar-refractivity contribution is 5.86. The molecule has 0 radical (unpaired) electrons. The van der Waals surface area contributed by atoms with Crippen LogP contribution in [0.5, 0.6) is 0 Å². The Kier molecular flexibility index (Phi) is 6.19. The Morgan fingerprint density at radius 3 is 2.55 bits per heavy atom. The van der Waals surface area contributed by atoms with Crippen LogP contribution in [0.25, 0.3) is 0 Å². The van der Waals surface area contributed by atoms with Gasteiger partial charge in [0.2, 0.25) is 0 Å². The van der Waals surface area contributed by atoms with Crippen LogP contribution in [-0.4, -0.2) is 28.7 Å². The third kappa shape index (κ3) is 3.39. The van der Waals surface area contributed by atoms with Gasteiger partial charge in [-0.1, -0.05) is 65.3 Å². The van der Waals surface area contributed by atoms with Crippen molar-refractivity contribution in [2.24, 2.45) is 39.4 Å². The number of rotatable bonds is 5. The van der Waals surface area contributed by atoms with Crippen LogP contribution in [0.2, 0.25) is 0 Å². The van der Waals surface area contributed by atoms with E-state index in [0.717, 1.165) is 44.1 Å². The highest BCUT2D eigenvalue weighted by Gasteiger charge is 2.66. The van der Waals surface area contributed by atoms with Gasteiger partial charge in [-0.2, -0.15) is 0 Å². The molecule has 0 spiro atoms. The summed E-state index contributed by atoms with van der Waals surface area (Å²) < 4.78 is 0. The fourth-order valence-corrected chi connectivity index (χ4v) is 8.61. The molecule has 2 N–H and O–H groups in total. The highest BCUT2D eigenvalue weighted by atomic mass is 16.3. The van der Waals surface area contributed by atoms with E-state index in [2.05, 4.69) is 59.8 Å². The van der Waals surface area contributed by atoms with E-state index in [0.29, 0.717) is 30.0 Å². The van der Waals surface area contributed by atoms with Crippen molar-refractivity contribution >= 4 is 5.78 Å². The lowest BCUT2D eigenvalue weighted by molar-refractivity contribution is -0.138. The van der Waals surface area contributed by atoms with Crippen molar-refractivity contribution in [3.63, 3.8) is 0 Å². The minimum atomic E-state index is -0.335. The van der Waals surface area contributed by atoms with E-state index in [1.807, 2.05) is 6.92 Å². The van der Waals surface area contributed by atoms with Gasteiger partial charge in [-0.3, -0.25) is 4.79 Å². The van der Waals surface area contributed by atoms with Crippen LogP contribution < -0.4 is 0 Å². The zero-order chi connectivity index (χ0) is 24.4. The first-order valence-electron chi connectivity index (χ1n) is 13.2. The molecule has 0 aromatic carbocycles. The third-order valence-corrected chi connectivity index (χ3v) is 11.2. The second-order valence-corrected chi connectivity index (χ2v) is 13.0. The first kappa shape index (κ1) is 24.9. The van der Waals surface area contributed by atoms with Crippen LogP contribution >= 0.6 is 0 Å². The zero-order valence-electron chi connectivity index (χ0n) is 22.0. The van der Waals surface area contributed by atoms with Gasteiger partial charge in [0, 0.05) is 17.3 Å². The van der Waals surface area contributed by atoms with Crippen molar-refractivity contribution in [1.82, 2.24) is 0 Å². The lowest BCUT2D eigenvalue weighted by Crippen LogP contribution is -2.54. The van der Waals surface area contributed by atoms with Crippen molar-refractivity contribution in [3.05, 3.63) is 34.9 Å². The van der Waals surface area contributed by atoms with Crippen LogP contribution in [-0.2, 0) is 4.79 Å². The molecule has 0 aromatic heterocycles. The summed E-state index contributed by atoms with van der Waals surface area (Å²) in [7, 11) is 0. The van der Waals surface area contributed by atoms with Crippen LogP contribution in [0.15, 0.2) is 34.9 Å². The number of ketones is 1. The Morgan fingerprint density at radius 1 is 1.18 bits per heavy atom. The van der Waals surface area contributed by atoms with Crippen molar-refractivity contribution in [2.75, 3.05) is 6.61 Å². The molecule has 0 heterocycles. The Labute approximate surface area is 201 Å². The molecule has 4 aliphatic rings. The molecule has 184 valence electrons. The number of carbonyl (C=O) groups is 1. The smallest absolute Gasteiger partial charge is 0.138 e. The molecule has 0 amide bonds. The number of carbonyl (C=O) groups excluding carboxylic acids is 1. The molecule has 2 saturated carbocycles. The van der Waals surface area contributed by atoms with Crippen molar-refractivity contribution in [1.29, 1.82) is 0 Å². The van der Waals surface area contributed by atoms with Gasteiger partial charge >= 0.3 is 0 Å². The summed E-state index contributed by atoms with van der Waals surface area (Å²) >= 11 is 0. The SMILES string of the molecule is C/C(=C/CC[C@@H](C)[C@H]1C[C@H](O)[C@@]2(C)C3=CC[C@H]4C(C)(C)C(=O)CC[C@]4(C)C3=CC[C@]12C)CO. The normalized spacial score (nSPS) is 43.2. The zero-order valence-corrected chi connectivity index (χ0v) is 22.0. The monoisotopic (exact) mass is 454 g/mol. The summed E-state index contributed by atoms with van der Waals surface area (Å²) in [5.74, 6) is 1.73. The number of fused-ring (bicyclic) bond motifs is 5. The summed E-state index contributed by atoms with van der Waals surface area (Å²) in [6, 6.07) is 0. The maximum atomic E-state index is 12.8. The van der Waals surface area contributed by atoms with E-state index in [9.17, 15) is 15.0 Å². The molecule has 2 fully saturated rings. The Morgan fingerprint density at radius 2 is 1.88 bits per heavy atom. The molecule has 33 heavy (non-hydrogen) atoms. The van der Waals surface area contributed by atoms with Gasteiger partial charge < -0.3 is 10.2 Å². The summed E-state index contributed by atoms with van der Waals surface area (Å²) in [5, 5.41) is 20.9. The van der Waals surface area contributed by atoms with Gasteiger partial charge in [-0.05, 0) is 85.2 Å². The molecule has 3 heteroatoms. The number of aliphatic hydroxyl groups excluding tert-OH is 2. The minimum absolute atomic E-state index is 0.0157. The molecule has 0 aromatic rings. The molecule has 3 nitrogen and oxygen atoms in total. The standard InChI is InChI=1S/C30H46O3/c1-19(18-31)9-8-10-20(2)23-17-26(33)30(7)22-11-12-24-27(3,4)25(32)14-15-28(24,5)21(22)13-16-29(23,30)6/h9,11,13,20,23-24,26,31,33H,8,10,12,14-18H2,1-7H3/b19-9-/t20-,23-,24+,26+,28-,29-,30-/m1/s1. The van der Waals surface area contributed by atoms with E-state index in [4.69, 9.17) is 0 Å². The Balaban J connectivity index is 1.68. The molecule has 0 aliphatic heterocycles. The topological polar surface area (TPSA) is 57.5 Å². The largest absolute Gasteiger partial charge is 0.392 e. The van der Waals surface area contributed by atoms with Gasteiger partial charge in [0.25, 0.3) is 0 Å². The van der Waals surface area contributed by atoms with Crippen LogP contribution in [0.3, 0.4) is 0 Å². The van der Waals surface area contributed by atoms with E-state index in [1.54, 1.807) is 0 Å². The summed E-state index contributed by atoms with van der Waals surface area (Å²) in [4.78, 5) is 12.8. The summed E-state index contributed by atoms with van der Waals surface area (Å²) in [5.41, 5.74) is 3.38. The van der Waals surface area contributed by atoms with Crippen molar-refractivity contribution in [3.8, 4) is 0 Å². The predicted octanol–water partition coefficient (Wildman–Crippen LogP) is 6.41. The molecular weight excluding hydrogens is 408 g/mol. The van der Waals surface area contributed by atoms with Crippen LogP contribution in [0.4, 0.5) is 0 Å². The van der Waals surface area contributed by atoms with E-state index in [-0.39, 0.29) is 34.4 Å². The number of allylic oxidation sites excluding steroid dienone is 4. The van der Waals surface area contributed by atoms with Crippen molar-refractivity contribution < 1.29 is 15.0 Å². The number of Topliss-reactive ketones (excluding diaryl/α,β-unsaturated/α-hetero) is 1. The fraction of sp³-hybridized carbons (Fsp3) is 0.767. The van der Waals surface area contributed by atoms with Gasteiger partial charge in [0.05, 0.1) is 12.7 Å². The minimum Gasteiger partial charge on any atom is -0.392 e. The van der Waals surface area contributed by atoms with E-state index < -0.39 is 0 Å². The lowest BCUT2D eigenvalue weighted by Gasteiger charge is -2.60. The summed E-state index contributed by atoms with van der Waals surface area (Å²) in [6.07, 6.45) is 13.2. The van der Waals surface area contributed by atoms with Gasteiger partial charge in [0.1, 0.15) is 5.78 Å². The highest BCUT2D eigenvalue weighted by Crippen LogP contribution is 2.71. The fourth-order valence-electron chi connectivity index (χ4n) is 8.61. The quantitative estimate of drug-likeness (QED) is 0.472. The average molecular weight is 455 g/mol. The molecule has 0 bridgehead atoms. The second-order valence-electron chi connectivity index (χ2n) is 13.0. The predicted molar refractivity (Wildman–Crippen MR) is 135 cm³/mol. The van der Waals surface area contributed by atoms with E-state index >= 15 is 0 Å². The molecule has 0 unspecified atom stereocenters. The molecule has 4 aliphatic carbocycles. The Bertz CT molecular complexity index is 908. The molecule has 0 saturated heterocycles. The van der Waals surface area contributed by atoms with Crippen LogP contribution in [0, 0.1) is 39.4 Å². The Hall–Kier alpha value is -1.19. The number of hydrogen-bond donors (Lipinski definition) is 2. The molecular formula is C30H46O3.